The number of nitrogens with zero attached hydrogens (tertiary/aromatic N) is 3. The Bertz CT molecular complexity index is 394. The van der Waals surface area contributed by atoms with Crippen LogP contribution in [0, 0.1) is 0 Å². The van der Waals surface area contributed by atoms with Crippen LogP contribution in [0.5, 0.6) is 0 Å². The van der Waals surface area contributed by atoms with Crippen molar-refractivity contribution in [3.8, 4) is 0 Å². The molecule has 5 nitrogen and oxygen atoms in total. The minimum Gasteiger partial charge on any atom is -0.442 e. The van der Waals surface area contributed by atoms with Crippen molar-refractivity contribution < 1.29 is 9.53 Å². The lowest BCUT2D eigenvalue weighted by molar-refractivity contribution is 0.0257. The van der Waals surface area contributed by atoms with Gasteiger partial charge in [0.2, 0.25) is 0 Å². The first-order chi connectivity index (χ1) is 9.15. The fraction of sp³-hybridized carbons (Fsp3) is 0.643. The van der Waals surface area contributed by atoms with E-state index in [0.29, 0.717) is 23.7 Å². The molecule has 0 radical (unpaired) electrons. The minimum atomic E-state index is -0.563. The van der Waals surface area contributed by atoms with Gasteiger partial charge in [0.1, 0.15) is 5.60 Å². The summed E-state index contributed by atoms with van der Waals surface area (Å²) in [5.41, 5.74) is 0.139. The molecular formula is C14H25N3O2S. The third-order valence-electron chi connectivity index (χ3n) is 1.94. The van der Waals surface area contributed by atoms with Crippen LogP contribution in [0.15, 0.2) is 22.4 Å². The zero-order valence-corrected chi connectivity index (χ0v) is 13.9. The van der Waals surface area contributed by atoms with Crippen molar-refractivity contribution in [2.45, 2.75) is 53.1 Å². The summed E-state index contributed by atoms with van der Waals surface area (Å²) in [6.45, 7) is 13.3. The van der Waals surface area contributed by atoms with E-state index in [1.807, 2.05) is 27.7 Å². The van der Waals surface area contributed by atoms with Gasteiger partial charge in [-0.15, -0.1) is 12.6 Å². The quantitative estimate of drug-likeness (QED) is 0.350. The molecule has 0 saturated carbocycles. The molecule has 0 fully saturated rings. The summed E-state index contributed by atoms with van der Waals surface area (Å²) in [7, 11) is 0. The normalized spacial score (nSPS) is 12.6. The maximum Gasteiger partial charge on any atom is 0.430 e. The highest BCUT2D eigenvalue weighted by Crippen LogP contribution is 2.12. The second kappa shape index (κ2) is 8.79. The molecule has 0 aliphatic heterocycles. The molecule has 20 heavy (non-hydrogen) atoms. The van der Waals surface area contributed by atoms with E-state index >= 15 is 0 Å². The summed E-state index contributed by atoms with van der Waals surface area (Å²) in [5.74, 6) is 0. The second-order valence-corrected chi connectivity index (χ2v) is 5.93. The number of ether oxygens (including phenoxy) is 1. The average molecular weight is 299 g/mol. The summed E-state index contributed by atoms with van der Waals surface area (Å²) >= 11 is 4.09. The number of hydrogen-bond acceptors (Lipinski definition) is 4. The average Bonchev–Trinajstić information content (AvgIpc) is 2.29. The van der Waals surface area contributed by atoms with Crippen LogP contribution < -0.4 is 0 Å². The number of aliphatic imine (C=N–C) groups is 1. The van der Waals surface area contributed by atoms with Crippen LogP contribution in [-0.2, 0) is 4.74 Å². The van der Waals surface area contributed by atoms with E-state index in [4.69, 9.17) is 4.74 Å². The van der Waals surface area contributed by atoms with Crippen LogP contribution >= 0.6 is 12.6 Å². The molecule has 0 aromatic rings. The zero-order chi connectivity index (χ0) is 15.8. The molecule has 0 aliphatic rings. The fourth-order valence-corrected chi connectivity index (χ4v) is 1.30. The Hall–Kier alpha value is -1.30. The lowest BCUT2D eigenvalue weighted by Crippen LogP contribution is -2.34. The van der Waals surface area contributed by atoms with E-state index in [-0.39, 0.29) is 0 Å². The van der Waals surface area contributed by atoms with Crippen molar-refractivity contribution in [1.29, 1.82) is 0 Å². The van der Waals surface area contributed by atoms with Gasteiger partial charge in [-0.05, 0) is 34.1 Å². The van der Waals surface area contributed by atoms with Crippen LogP contribution in [0.2, 0.25) is 0 Å². The zero-order valence-electron chi connectivity index (χ0n) is 13.0. The number of hydrazone groups is 1. The number of carbonyl (C=O) groups is 1. The van der Waals surface area contributed by atoms with Gasteiger partial charge < -0.3 is 4.74 Å². The summed E-state index contributed by atoms with van der Waals surface area (Å²) in [6, 6.07) is 0. The van der Waals surface area contributed by atoms with Crippen molar-refractivity contribution >= 4 is 30.0 Å². The first kappa shape index (κ1) is 18.7. The Balaban J connectivity index is 4.66. The van der Waals surface area contributed by atoms with Gasteiger partial charge in [0.25, 0.3) is 0 Å². The number of amides is 1. The Kier molecular flexibility index (Phi) is 8.22. The molecule has 0 aromatic heterocycles. The van der Waals surface area contributed by atoms with E-state index in [1.54, 1.807) is 13.1 Å². The summed E-state index contributed by atoms with van der Waals surface area (Å²) < 4.78 is 5.29. The molecule has 0 bridgehead atoms. The van der Waals surface area contributed by atoms with Gasteiger partial charge >= 0.3 is 6.09 Å². The number of rotatable bonds is 6. The van der Waals surface area contributed by atoms with E-state index in [0.717, 1.165) is 6.42 Å². The van der Waals surface area contributed by atoms with Crippen LogP contribution in [0.3, 0.4) is 0 Å². The number of hydrogen-bond donors (Lipinski definition) is 1. The van der Waals surface area contributed by atoms with Crippen LogP contribution in [-0.4, -0.2) is 34.5 Å². The number of carbonyl (C=O) groups excluding carboxylic acids is 1. The maximum atomic E-state index is 12.0. The molecule has 114 valence electrons. The molecular weight excluding hydrogens is 274 g/mol. The molecule has 0 spiro atoms. The highest BCUT2D eigenvalue weighted by atomic mass is 32.1. The van der Waals surface area contributed by atoms with Gasteiger partial charge in [-0.1, -0.05) is 13.5 Å². The largest absolute Gasteiger partial charge is 0.442 e. The topological polar surface area (TPSA) is 54.3 Å². The third-order valence-corrected chi connectivity index (χ3v) is 2.03. The van der Waals surface area contributed by atoms with E-state index < -0.39 is 11.7 Å². The lowest BCUT2D eigenvalue weighted by Gasteiger charge is -2.24. The fourth-order valence-electron chi connectivity index (χ4n) is 1.19. The van der Waals surface area contributed by atoms with Crippen molar-refractivity contribution in [2.75, 3.05) is 6.54 Å². The molecule has 0 unspecified atom stereocenters. The molecule has 0 heterocycles. The van der Waals surface area contributed by atoms with Gasteiger partial charge in [-0.2, -0.15) is 10.1 Å². The Morgan fingerprint density at radius 2 is 2.05 bits per heavy atom. The number of thiol groups is 1. The van der Waals surface area contributed by atoms with Crippen molar-refractivity contribution in [3.05, 3.63) is 12.3 Å². The molecule has 0 aromatic carbocycles. The van der Waals surface area contributed by atoms with E-state index in [1.165, 1.54) is 5.01 Å². The summed E-state index contributed by atoms with van der Waals surface area (Å²) in [6.07, 6.45) is 2.66. The summed E-state index contributed by atoms with van der Waals surface area (Å²) in [5, 5.41) is 5.79. The molecule has 1 amide bonds. The second-order valence-electron chi connectivity index (χ2n) is 5.29. The predicted molar refractivity (Wildman–Crippen MR) is 87.6 cm³/mol. The van der Waals surface area contributed by atoms with E-state index in [9.17, 15) is 4.79 Å². The molecule has 0 saturated heterocycles. The molecule has 0 aliphatic carbocycles. The molecule has 0 N–H and O–H groups in total. The predicted octanol–water partition coefficient (Wildman–Crippen LogP) is 3.87. The maximum absolute atomic E-state index is 12.0. The van der Waals surface area contributed by atoms with E-state index in [2.05, 4.69) is 29.3 Å². The Labute approximate surface area is 127 Å². The van der Waals surface area contributed by atoms with Gasteiger partial charge in [-0.25, -0.2) is 4.79 Å². The smallest absolute Gasteiger partial charge is 0.430 e. The van der Waals surface area contributed by atoms with Crippen LogP contribution in [0.25, 0.3) is 0 Å². The van der Waals surface area contributed by atoms with Crippen molar-refractivity contribution in [1.82, 2.24) is 5.01 Å². The van der Waals surface area contributed by atoms with Crippen molar-refractivity contribution in [3.63, 3.8) is 0 Å². The van der Waals surface area contributed by atoms with Gasteiger partial charge in [0.05, 0.1) is 11.6 Å². The van der Waals surface area contributed by atoms with Crippen molar-refractivity contribution in [2.24, 2.45) is 10.1 Å². The third kappa shape index (κ3) is 9.61. The first-order valence-corrected chi connectivity index (χ1v) is 7.05. The van der Waals surface area contributed by atoms with Crippen LogP contribution in [0.4, 0.5) is 4.79 Å². The van der Waals surface area contributed by atoms with Gasteiger partial charge in [0, 0.05) is 18.3 Å². The highest BCUT2D eigenvalue weighted by molar-refractivity contribution is 7.96. The summed E-state index contributed by atoms with van der Waals surface area (Å²) in [4.78, 5) is 16.2. The SMILES string of the molecule is C=C(CCN(/N=C(/C)S)C(=O)OC(C)(C)C)/N=C\CC. The molecule has 6 heteroatoms. The minimum absolute atomic E-state index is 0.354. The van der Waals surface area contributed by atoms with Gasteiger partial charge in [0.15, 0.2) is 0 Å². The Morgan fingerprint density at radius 1 is 1.45 bits per heavy atom. The monoisotopic (exact) mass is 299 g/mol. The lowest BCUT2D eigenvalue weighted by atomic mass is 10.2. The molecule has 0 rings (SSSR count). The standard InChI is InChI=1S/C14H25N3O2S/c1-7-9-15-11(2)8-10-17(16-12(3)20)13(18)19-14(4,5)6/h9H,2,7-8,10H2,1,3-6H3,(H,16,20)/b15-9-. The Morgan fingerprint density at radius 3 is 2.50 bits per heavy atom. The first-order valence-electron chi connectivity index (χ1n) is 6.60. The van der Waals surface area contributed by atoms with Gasteiger partial charge in [-0.3, -0.25) is 4.99 Å². The van der Waals surface area contributed by atoms with Crippen LogP contribution in [0.1, 0.15) is 47.5 Å². The highest BCUT2D eigenvalue weighted by Gasteiger charge is 2.21. The molecule has 0 atom stereocenters.